The minimum atomic E-state index is 0.631. The van der Waals surface area contributed by atoms with Gasteiger partial charge in [0.15, 0.2) is 0 Å². The van der Waals surface area contributed by atoms with Gasteiger partial charge in [-0.05, 0) is 65.8 Å². The Hall–Kier alpha value is -1.22. The summed E-state index contributed by atoms with van der Waals surface area (Å²) in [5.74, 6) is 1.36. The summed E-state index contributed by atoms with van der Waals surface area (Å²) in [7, 11) is 0. The van der Waals surface area contributed by atoms with Crippen LogP contribution in [0.1, 0.15) is 23.5 Å². The molecular weight excluding hydrogens is 339 g/mol. The maximum absolute atomic E-state index is 6.48. The van der Waals surface area contributed by atoms with Gasteiger partial charge in [-0.25, -0.2) is 0 Å². The summed E-state index contributed by atoms with van der Waals surface area (Å²) in [6.07, 6.45) is 2.40. The molecule has 0 amide bonds. The molecule has 1 fully saturated rings. The third-order valence-corrected chi connectivity index (χ3v) is 6.41. The van der Waals surface area contributed by atoms with Gasteiger partial charge in [0.05, 0.1) is 0 Å². The van der Waals surface area contributed by atoms with E-state index in [-0.39, 0.29) is 0 Å². The Morgan fingerprint density at radius 1 is 1.08 bits per heavy atom. The number of hydrogen-bond acceptors (Lipinski definition) is 2. The van der Waals surface area contributed by atoms with Crippen LogP contribution >= 0.6 is 23.2 Å². The third kappa shape index (κ3) is 2.28. The van der Waals surface area contributed by atoms with E-state index in [2.05, 4.69) is 22.3 Å². The minimum absolute atomic E-state index is 0.631. The summed E-state index contributed by atoms with van der Waals surface area (Å²) in [4.78, 5) is 2.62. The number of anilines is 1. The van der Waals surface area contributed by atoms with Gasteiger partial charge >= 0.3 is 0 Å². The molecule has 2 aromatic rings. The Kier molecular flexibility index (Phi) is 3.55. The van der Waals surface area contributed by atoms with Crippen molar-refractivity contribution >= 4 is 28.9 Å². The Morgan fingerprint density at radius 3 is 2.92 bits per heavy atom. The topological polar surface area (TPSA) is 15.3 Å². The van der Waals surface area contributed by atoms with Gasteiger partial charge < -0.3 is 10.2 Å². The molecule has 3 aliphatic heterocycles. The van der Waals surface area contributed by atoms with E-state index in [0.29, 0.717) is 5.92 Å². The highest BCUT2D eigenvalue weighted by Crippen LogP contribution is 2.47. The predicted molar refractivity (Wildman–Crippen MR) is 102 cm³/mol. The van der Waals surface area contributed by atoms with Gasteiger partial charge in [0.25, 0.3) is 0 Å². The second-order valence-corrected chi connectivity index (χ2v) is 8.12. The lowest BCUT2D eigenvalue weighted by molar-refractivity contribution is 0.470. The number of nitrogens with zero attached hydrogens (tertiary/aromatic N) is 1. The maximum Gasteiger partial charge on any atom is 0.0485 e. The molecular formula is C20H20Cl2N2. The molecule has 0 spiro atoms. The molecule has 2 atom stereocenters. The molecule has 2 aromatic carbocycles. The van der Waals surface area contributed by atoms with Crippen molar-refractivity contribution in [2.75, 3.05) is 31.1 Å². The zero-order valence-electron chi connectivity index (χ0n) is 13.5. The van der Waals surface area contributed by atoms with Crippen LogP contribution in [0.4, 0.5) is 5.69 Å². The Morgan fingerprint density at radius 2 is 2.00 bits per heavy atom. The average molecular weight is 359 g/mol. The molecule has 0 aliphatic carbocycles. The van der Waals surface area contributed by atoms with Crippen molar-refractivity contribution in [3.8, 4) is 11.1 Å². The number of nitrogens with one attached hydrogen (secondary N) is 1. The predicted octanol–water partition coefficient (Wildman–Crippen LogP) is 4.73. The first kappa shape index (κ1) is 15.1. The normalized spacial score (nSPS) is 24.7. The van der Waals surface area contributed by atoms with Crippen molar-refractivity contribution in [2.24, 2.45) is 5.92 Å². The fourth-order valence-electron chi connectivity index (χ4n) is 4.78. The van der Waals surface area contributed by atoms with Gasteiger partial charge in [-0.2, -0.15) is 0 Å². The van der Waals surface area contributed by atoms with Crippen molar-refractivity contribution in [3.05, 3.63) is 51.5 Å². The number of halogens is 2. The monoisotopic (exact) mass is 358 g/mol. The molecule has 3 aliphatic rings. The highest BCUT2D eigenvalue weighted by atomic mass is 35.5. The fourth-order valence-corrected chi connectivity index (χ4v) is 5.18. The van der Waals surface area contributed by atoms with Crippen LogP contribution < -0.4 is 10.2 Å². The van der Waals surface area contributed by atoms with Crippen LogP contribution in [-0.2, 0) is 6.42 Å². The molecule has 0 radical (unpaired) electrons. The lowest BCUT2D eigenvalue weighted by Gasteiger charge is -2.42. The highest BCUT2D eigenvalue weighted by Gasteiger charge is 2.38. The fraction of sp³-hybridized carbons (Fsp3) is 0.400. The van der Waals surface area contributed by atoms with E-state index in [4.69, 9.17) is 23.2 Å². The summed E-state index contributed by atoms with van der Waals surface area (Å²) >= 11 is 12.7. The summed E-state index contributed by atoms with van der Waals surface area (Å²) in [5, 5.41) is 5.11. The van der Waals surface area contributed by atoms with Gasteiger partial charge in [-0.15, -0.1) is 0 Å². The molecule has 0 aromatic heterocycles. The summed E-state index contributed by atoms with van der Waals surface area (Å²) < 4.78 is 0. The van der Waals surface area contributed by atoms with Crippen LogP contribution in [0.25, 0.3) is 11.1 Å². The first-order valence-electron chi connectivity index (χ1n) is 8.78. The van der Waals surface area contributed by atoms with Crippen LogP contribution in [0.3, 0.4) is 0 Å². The van der Waals surface area contributed by atoms with Crippen LogP contribution in [0.15, 0.2) is 30.3 Å². The molecule has 2 nitrogen and oxygen atoms in total. The van der Waals surface area contributed by atoms with E-state index in [9.17, 15) is 0 Å². The molecule has 124 valence electrons. The molecule has 1 saturated heterocycles. The van der Waals surface area contributed by atoms with Crippen molar-refractivity contribution < 1.29 is 0 Å². The lowest BCUT2D eigenvalue weighted by Crippen LogP contribution is -2.40. The van der Waals surface area contributed by atoms with Crippen molar-refractivity contribution in [1.29, 1.82) is 0 Å². The largest absolute Gasteiger partial charge is 0.371 e. The Balaban J connectivity index is 1.72. The number of rotatable bonds is 1. The second-order valence-electron chi connectivity index (χ2n) is 7.27. The Bertz CT molecular complexity index is 818. The Labute approximate surface area is 152 Å². The summed E-state index contributed by atoms with van der Waals surface area (Å²) in [5.41, 5.74) is 6.77. The van der Waals surface area contributed by atoms with Crippen molar-refractivity contribution in [2.45, 2.75) is 18.8 Å². The molecule has 24 heavy (non-hydrogen) atoms. The summed E-state index contributed by atoms with van der Waals surface area (Å²) in [6, 6.07) is 10.5. The number of hydrogen-bond donors (Lipinski definition) is 1. The number of fused-ring (bicyclic) bond motifs is 2. The van der Waals surface area contributed by atoms with E-state index >= 15 is 0 Å². The van der Waals surface area contributed by atoms with Crippen molar-refractivity contribution in [1.82, 2.24) is 5.32 Å². The number of aryl methyl sites for hydroxylation is 1. The molecule has 3 heterocycles. The van der Waals surface area contributed by atoms with Crippen LogP contribution in [0.5, 0.6) is 0 Å². The van der Waals surface area contributed by atoms with Gasteiger partial charge in [0.2, 0.25) is 0 Å². The minimum Gasteiger partial charge on any atom is -0.371 e. The van der Waals surface area contributed by atoms with Gasteiger partial charge in [0, 0.05) is 53.4 Å². The summed E-state index contributed by atoms with van der Waals surface area (Å²) in [6.45, 7) is 4.63. The van der Waals surface area contributed by atoms with Gasteiger partial charge in [-0.1, -0.05) is 23.2 Å². The van der Waals surface area contributed by atoms with Gasteiger partial charge in [0.1, 0.15) is 0 Å². The molecule has 4 heteroatoms. The standard InChI is InChI=1S/C20H20Cl2N2/c21-15-3-4-19(22)16(8-15)13-6-12-2-1-5-24-11-14-9-23-10-18(14)17(7-13)20(12)24/h3-4,6-8,14,18,23H,1-2,5,9-11H2/t14-,18-/m0/s1. The molecule has 0 bridgehead atoms. The maximum atomic E-state index is 6.48. The highest BCUT2D eigenvalue weighted by molar-refractivity contribution is 6.35. The van der Waals surface area contributed by atoms with Crippen molar-refractivity contribution in [3.63, 3.8) is 0 Å². The van der Waals surface area contributed by atoms with E-state index in [1.807, 2.05) is 18.2 Å². The zero-order valence-corrected chi connectivity index (χ0v) is 15.0. The third-order valence-electron chi connectivity index (χ3n) is 5.84. The van der Waals surface area contributed by atoms with Gasteiger partial charge in [-0.3, -0.25) is 0 Å². The quantitative estimate of drug-likeness (QED) is 0.792. The average Bonchev–Trinajstić information content (AvgIpc) is 3.06. The van der Waals surface area contributed by atoms with E-state index < -0.39 is 0 Å². The molecule has 5 rings (SSSR count). The lowest BCUT2D eigenvalue weighted by atomic mass is 9.79. The number of benzene rings is 2. The zero-order chi connectivity index (χ0) is 16.3. The molecule has 0 saturated carbocycles. The van der Waals surface area contributed by atoms with E-state index in [0.717, 1.165) is 41.0 Å². The second kappa shape index (κ2) is 5.66. The van der Waals surface area contributed by atoms with Crippen LogP contribution in [0, 0.1) is 5.92 Å². The first-order chi connectivity index (χ1) is 11.7. The van der Waals surface area contributed by atoms with Crippen LogP contribution in [-0.4, -0.2) is 26.2 Å². The smallest absolute Gasteiger partial charge is 0.0485 e. The van der Waals surface area contributed by atoms with Crippen LogP contribution in [0.2, 0.25) is 10.0 Å². The SMILES string of the molecule is Clc1ccc(Cl)c(-c2cc3c4c(c2)[C@H]2CNC[C@H]2CN4CCC3)c1. The molecule has 1 N–H and O–H groups in total. The van der Waals surface area contributed by atoms with E-state index in [1.165, 1.54) is 41.9 Å². The molecule has 0 unspecified atom stereocenters. The first-order valence-corrected chi connectivity index (χ1v) is 9.54. The van der Waals surface area contributed by atoms with E-state index in [1.54, 1.807) is 0 Å².